The average Bonchev–Trinajstić information content (AvgIpc) is 2.70. The third-order valence-electron chi connectivity index (χ3n) is 3.78. The molecule has 28 heavy (non-hydrogen) atoms. The number of benzene rings is 2. The topological polar surface area (TPSA) is 73.9 Å². The van der Waals surface area contributed by atoms with E-state index in [9.17, 15) is 14.0 Å². The number of carbonyl (C=O) groups is 2. The molecule has 0 heterocycles. The zero-order chi connectivity index (χ0) is 20.5. The Kier molecular flexibility index (Phi) is 7.56. The second kappa shape index (κ2) is 10.1. The summed E-state index contributed by atoms with van der Waals surface area (Å²) in [7, 11) is 2.84. The second-order valence-corrected chi connectivity index (χ2v) is 5.70. The van der Waals surface area contributed by atoms with Crippen molar-refractivity contribution in [3.63, 3.8) is 0 Å². The number of halogens is 1. The first-order chi connectivity index (χ1) is 13.5. The quantitative estimate of drug-likeness (QED) is 0.528. The van der Waals surface area contributed by atoms with E-state index in [1.165, 1.54) is 32.4 Å². The summed E-state index contributed by atoms with van der Waals surface area (Å²) in [4.78, 5) is 23.7. The highest BCUT2D eigenvalue weighted by Crippen LogP contribution is 2.28. The van der Waals surface area contributed by atoms with E-state index in [2.05, 4.69) is 5.32 Å². The molecule has 0 saturated heterocycles. The summed E-state index contributed by atoms with van der Waals surface area (Å²) in [5, 5.41) is 2.64. The minimum absolute atomic E-state index is 0.0773. The number of hydrogen-bond acceptors (Lipinski definition) is 5. The summed E-state index contributed by atoms with van der Waals surface area (Å²) in [5.41, 5.74) is 0.896. The number of methoxy groups -OCH3 is 2. The molecule has 0 aromatic heterocycles. The molecule has 0 radical (unpaired) electrons. The summed E-state index contributed by atoms with van der Waals surface area (Å²) in [6.07, 6.45) is 2.92. The molecule has 148 valence electrons. The molecule has 2 aromatic rings. The van der Waals surface area contributed by atoms with Gasteiger partial charge in [0.05, 0.1) is 14.2 Å². The smallest absolute Gasteiger partial charge is 0.257 e. The third-order valence-corrected chi connectivity index (χ3v) is 3.78. The molecule has 0 spiro atoms. The van der Waals surface area contributed by atoms with Gasteiger partial charge in [0.15, 0.2) is 35.5 Å². The van der Waals surface area contributed by atoms with Crippen LogP contribution in [-0.4, -0.2) is 39.1 Å². The highest BCUT2D eigenvalue weighted by molar-refractivity contribution is 6.06. The number of nitrogens with one attached hydrogen (secondary N) is 1. The van der Waals surface area contributed by atoms with E-state index in [1.807, 2.05) is 6.92 Å². The van der Waals surface area contributed by atoms with Gasteiger partial charge in [-0.25, -0.2) is 4.39 Å². The molecule has 0 aliphatic rings. The van der Waals surface area contributed by atoms with Crippen LogP contribution in [-0.2, 0) is 4.79 Å². The Balaban J connectivity index is 2.09. The van der Waals surface area contributed by atoms with Crippen LogP contribution in [0.25, 0.3) is 6.08 Å². The van der Waals surface area contributed by atoms with Crippen molar-refractivity contribution in [2.24, 2.45) is 0 Å². The summed E-state index contributed by atoms with van der Waals surface area (Å²) < 4.78 is 29.3. The van der Waals surface area contributed by atoms with Crippen molar-refractivity contribution in [1.29, 1.82) is 0 Å². The van der Waals surface area contributed by atoms with Crippen LogP contribution >= 0.6 is 0 Å². The second-order valence-electron chi connectivity index (χ2n) is 5.70. The summed E-state index contributed by atoms with van der Waals surface area (Å²) in [5.74, 6) is -0.266. The van der Waals surface area contributed by atoms with Crippen LogP contribution in [0.15, 0.2) is 42.5 Å². The number of likely N-dealkylation sites (N-methyl/N-ethyl adjacent to an activating group) is 1. The Hall–Kier alpha value is -3.35. The number of ketones is 1. The standard InChI is InChI=1S/C21H22FNO5/c1-4-23-21(25)13-28-19-9-6-14(11-20(19)27-3)5-8-17(24)15-7-10-18(26-2)16(22)12-15/h5-12H,4,13H2,1-3H3,(H,23,25)/b8-5+. The minimum atomic E-state index is -0.600. The van der Waals surface area contributed by atoms with Gasteiger partial charge >= 0.3 is 0 Å². The van der Waals surface area contributed by atoms with Gasteiger partial charge in [-0.1, -0.05) is 12.1 Å². The van der Waals surface area contributed by atoms with Gasteiger partial charge < -0.3 is 19.5 Å². The van der Waals surface area contributed by atoms with Crippen molar-refractivity contribution in [2.75, 3.05) is 27.4 Å². The van der Waals surface area contributed by atoms with Crippen molar-refractivity contribution in [3.8, 4) is 17.2 Å². The van der Waals surface area contributed by atoms with Crippen LogP contribution in [0.4, 0.5) is 4.39 Å². The normalized spacial score (nSPS) is 10.6. The zero-order valence-corrected chi connectivity index (χ0v) is 16.0. The summed E-state index contributed by atoms with van der Waals surface area (Å²) >= 11 is 0. The fraction of sp³-hybridized carbons (Fsp3) is 0.238. The molecule has 2 aromatic carbocycles. The third kappa shape index (κ3) is 5.57. The number of hydrogen-bond donors (Lipinski definition) is 1. The van der Waals surface area contributed by atoms with E-state index < -0.39 is 5.82 Å². The van der Waals surface area contributed by atoms with Gasteiger partial charge in [0.25, 0.3) is 5.91 Å². The lowest BCUT2D eigenvalue weighted by Gasteiger charge is -2.11. The number of ether oxygens (including phenoxy) is 3. The Labute approximate surface area is 162 Å². The number of allylic oxidation sites excluding steroid dienone is 1. The van der Waals surface area contributed by atoms with Crippen LogP contribution in [0.2, 0.25) is 0 Å². The predicted octanol–water partition coefficient (Wildman–Crippen LogP) is 3.25. The van der Waals surface area contributed by atoms with Gasteiger partial charge in [0, 0.05) is 12.1 Å². The van der Waals surface area contributed by atoms with Crippen LogP contribution in [0.3, 0.4) is 0 Å². The van der Waals surface area contributed by atoms with E-state index in [0.29, 0.717) is 23.6 Å². The van der Waals surface area contributed by atoms with Crippen molar-refractivity contribution in [3.05, 3.63) is 59.4 Å². The first kappa shape index (κ1) is 21.0. The van der Waals surface area contributed by atoms with Crippen LogP contribution in [0, 0.1) is 5.82 Å². The molecule has 0 aliphatic carbocycles. The number of rotatable bonds is 9. The Morgan fingerprint density at radius 2 is 1.75 bits per heavy atom. The number of amides is 1. The van der Waals surface area contributed by atoms with E-state index in [4.69, 9.17) is 14.2 Å². The van der Waals surface area contributed by atoms with Gasteiger partial charge in [-0.15, -0.1) is 0 Å². The number of carbonyl (C=O) groups excluding carboxylic acids is 2. The van der Waals surface area contributed by atoms with Crippen molar-refractivity contribution >= 4 is 17.8 Å². The van der Waals surface area contributed by atoms with Gasteiger partial charge in [-0.3, -0.25) is 9.59 Å². The van der Waals surface area contributed by atoms with Crippen LogP contribution in [0.5, 0.6) is 17.2 Å². The monoisotopic (exact) mass is 387 g/mol. The molecule has 2 rings (SSSR count). The molecule has 0 fully saturated rings. The van der Waals surface area contributed by atoms with Crippen molar-refractivity contribution in [1.82, 2.24) is 5.32 Å². The molecule has 0 saturated carbocycles. The lowest BCUT2D eigenvalue weighted by molar-refractivity contribution is -0.123. The van der Waals surface area contributed by atoms with Crippen LogP contribution < -0.4 is 19.5 Å². The SMILES string of the molecule is CCNC(=O)COc1ccc(/C=C/C(=O)c2ccc(OC)c(F)c2)cc1OC. The lowest BCUT2D eigenvalue weighted by Crippen LogP contribution is -2.28. The van der Waals surface area contributed by atoms with Gasteiger partial charge in [0.2, 0.25) is 0 Å². The molecule has 0 bridgehead atoms. The highest BCUT2D eigenvalue weighted by atomic mass is 19.1. The van der Waals surface area contributed by atoms with Crippen molar-refractivity contribution in [2.45, 2.75) is 6.92 Å². The largest absolute Gasteiger partial charge is 0.494 e. The van der Waals surface area contributed by atoms with E-state index in [0.717, 1.165) is 6.07 Å². The molecule has 0 unspecified atom stereocenters. The molecule has 6 nitrogen and oxygen atoms in total. The first-order valence-corrected chi connectivity index (χ1v) is 8.62. The van der Waals surface area contributed by atoms with Crippen LogP contribution in [0.1, 0.15) is 22.8 Å². The Bertz CT molecular complexity index is 879. The zero-order valence-electron chi connectivity index (χ0n) is 16.0. The van der Waals surface area contributed by atoms with E-state index >= 15 is 0 Å². The maximum atomic E-state index is 13.7. The molecule has 1 N–H and O–H groups in total. The molecule has 7 heteroatoms. The average molecular weight is 387 g/mol. The Morgan fingerprint density at radius 3 is 2.39 bits per heavy atom. The maximum Gasteiger partial charge on any atom is 0.257 e. The van der Waals surface area contributed by atoms with E-state index in [-0.39, 0.29) is 29.6 Å². The molecular formula is C21H22FNO5. The first-order valence-electron chi connectivity index (χ1n) is 8.62. The molecule has 1 amide bonds. The van der Waals surface area contributed by atoms with Gasteiger partial charge in [-0.05, 0) is 48.9 Å². The summed E-state index contributed by atoms with van der Waals surface area (Å²) in [6.45, 7) is 2.22. The van der Waals surface area contributed by atoms with Gasteiger partial charge in [0.1, 0.15) is 0 Å². The van der Waals surface area contributed by atoms with Crippen molar-refractivity contribution < 1.29 is 28.2 Å². The Morgan fingerprint density at radius 1 is 1.04 bits per heavy atom. The molecular weight excluding hydrogens is 365 g/mol. The summed E-state index contributed by atoms with van der Waals surface area (Å²) in [6, 6.07) is 9.06. The fourth-order valence-electron chi connectivity index (χ4n) is 2.39. The lowest BCUT2D eigenvalue weighted by atomic mass is 10.1. The molecule has 0 aliphatic heterocycles. The van der Waals surface area contributed by atoms with E-state index in [1.54, 1.807) is 24.3 Å². The predicted molar refractivity (Wildman–Crippen MR) is 103 cm³/mol. The minimum Gasteiger partial charge on any atom is -0.494 e. The maximum absolute atomic E-state index is 13.7. The van der Waals surface area contributed by atoms with Gasteiger partial charge in [-0.2, -0.15) is 0 Å². The highest BCUT2D eigenvalue weighted by Gasteiger charge is 2.09. The fourth-order valence-corrected chi connectivity index (χ4v) is 2.39. The molecule has 0 atom stereocenters.